The largest absolute Gasteiger partial charge is 0.461 e. The van der Waals surface area contributed by atoms with Gasteiger partial charge in [0.25, 0.3) is 11.8 Å². The van der Waals surface area contributed by atoms with Crippen LogP contribution in [0.4, 0.5) is 0 Å². The number of hydrogen-bond donors (Lipinski definition) is 0. The molecule has 8 heteroatoms. The van der Waals surface area contributed by atoms with Gasteiger partial charge in [0.05, 0.1) is 23.3 Å². The summed E-state index contributed by atoms with van der Waals surface area (Å²) in [6, 6.07) is 10.5. The summed E-state index contributed by atoms with van der Waals surface area (Å²) in [5.41, 5.74) is 0.973. The van der Waals surface area contributed by atoms with E-state index in [1.54, 1.807) is 42.7 Å². The molecule has 2 amide bonds. The summed E-state index contributed by atoms with van der Waals surface area (Å²) in [4.78, 5) is 32.6. The minimum absolute atomic E-state index is 0.156. The van der Waals surface area contributed by atoms with Gasteiger partial charge in [-0.2, -0.15) is 4.98 Å². The molecule has 0 N–H and O–H groups in total. The van der Waals surface area contributed by atoms with Crippen molar-refractivity contribution in [2.45, 2.75) is 5.92 Å². The molecule has 0 spiro atoms. The second kappa shape index (κ2) is 6.17. The maximum Gasteiger partial charge on any atom is 0.261 e. The first-order valence-corrected chi connectivity index (χ1v) is 8.76. The minimum atomic E-state index is -0.215. The van der Waals surface area contributed by atoms with E-state index in [0.717, 1.165) is 13.1 Å². The van der Waals surface area contributed by atoms with E-state index in [4.69, 9.17) is 8.94 Å². The van der Waals surface area contributed by atoms with Gasteiger partial charge < -0.3 is 8.94 Å². The lowest BCUT2D eigenvalue weighted by atomic mass is 10.0. The Balaban J connectivity index is 1.16. The third-order valence-electron chi connectivity index (χ3n) is 5.01. The quantitative estimate of drug-likeness (QED) is 0.640. The molecule has 136 valence electrons. The number of fused-ring (bicyclic) bond motifs is 1. The van der Waals surface area contributed by atoms with Crippen molar-refractivity contribution in [1.29, 1.82) is 0 Å². The van der Waals surface area contributed by atoms with E-state index in [1.807, 2.05) is 0 Å². The predicted octanol–water partition coefficient (Wildman–Crippen LogP) is 2.02. The minimum Gasteiger partial charge on any atom is -0.461 e. The normalized spacial score (nSPS) is 17.4. The molecule has 0 atom stereocenters. The van der Waals surface area contributed by atoms with Gasteiger partial charge in [0.15, 0.2) is 5.76 Å². The van der Waals surface area contributed by atoms with Gasteiger partial charge in [-0.1, -0.05) is 17.3 Å². The Hall–Kier alpha value is -3.26. The molecule has 1 saturated heterocycles. The van der Waals surface area contributed by atoms with Gasteiger partial charge in [-0.15, -0.1) is 0 Å². The first kappa shape index (κ1) is 16.0. The Bertz CT molecular complexity index is 969. The Kier molecular flexibility index (Phi) is 3.64. The number of amides is 2. The van der Waals surface area contributed by atoms with Crippen molar-refractivity contribution in [3.8, 4) is 11.6 Å². The first-order valence-electron chi connectivity index (χ1n) is 8.76. The number of furan rings is 1. The molecule has 0 aliphatic carbocycles. The first-order chi connectivity index (χ1) is 13.2. The zero-order valence-electron chi connectivity index (χ0n) is 14.4. The van der Waals surface area contributed by atoms with Gasteiger partial charge in [-0.3, -0.25) is 19.4 Å². The van der Waals surface area contributed by atoms with Gasteiger partial charge in [-0.25, -0.2) is 0 Å². The molecular weight excluding hydrogens is 348 g/mol. The van der Waals surface area contributed by atoms with Gasteiger partial charge in [-0.05, 0) is 24.3 Å². The van der Waals surface area contributed by atoms with Crippen LogP contribution in [-0.2, 0) is 0 Å². The predicted molar refractivity (Wildman–Crippen MR) is 93.0 cm³/mol. The molecule has 0 unspecified atom stereocenters. The van der Waals surface area contributed by atoms with Crippen LogP contribution in [0.5, 0.6) is 0 Å². The highest BCUT2D eigenvalue weighted by molar-refractivity contribution is 6.21. The second-order valence-electron chi connectivity index (χ2n) is 6.70. The molecule has 0 saturated carbocycles. The number of likely N-dealkylation sites (tertiary alicyclic amines) is 1. The van der Waals surface area contributed by atoms with E-state index >= 15 is 0 Å². The van der Waals surface area contributed by atoms with Crippen LogP contribution < -0.4 is 0 Å². The molecule has 1 aromatic carbocycles. The molecule has 2 aliphatic rings. The van der Waals surface area contributed by atoms with Crippen LogP contribution in [0.3, 0.4) is 0 Å². The highest BCUT2D eigenvalue weighted by atomic mass is 16.5. The number of rotatable bonds is 5. The summed E-state index contributed by atoms with van der Waals surface area (Å²) in [5, 5.41) is 3.94. The molecule has 0 radical (unpaired) electrons. The lowest BCUT2D eigenvalue weighted by Gasteiger charge is -2.37. The number of carbonyl (C=O) groups is 2. The maximum absolute atomic E-state index is 12.4. The van der Waals surface area contributed by atoms with Gasteiger partial charge in [0, 0.05) is 26.2 Å². The highest BCUT2D eigenvalue weighted by Gasteiger charge is 2.37. The standard InChI is InChI=1S/C19H16N4O4/c24-18-13-4-1-2-5-14(13)19(25)23(18)8-7-22-10-12(11-22)17-20-16(21-27-17)15-6-3-9-26-15/h1-6,9,12H,7-8,10-11H2. The van der Waals surface area contributed by atoms with Crippen molar-refractivity contribution in [3.05, 3.63) is 59.7 Å². The molecular formula is C19H16N4O4. The lowest BCUT2D eigenvalue weighted by Crippen LogP contribution is -2.48. The summed E-state index contributed by atoms with van der Waals surface area (Å²) < 4.78 is 10.6. The average molecular weight is 364 g/mol. The molecule has 0 bridgehead atoms. The van der Waals surface area contributed by atoms with E-state index in [-0.39, 0.29) is 17.7 Å². The van der Waals surface area contributed by atoms with Gasteiger partial charge in [0.2, 0.25) is 11.7 Å². The van der Waals surface area contributed by atoms with Gasteiger partial charge in [0.1, 0.15) is 0 Å². The number of hydrogen-bond acceptors (Lipinski definition) is 7. The third kappa shape index (κ3) is 2.65. The van der Waals surface area contributed by atoms with Crippen molar-refractivity contribution >= 4 is 11.8 Å². The zero-order chi connectivity index (χ0) is 18.4. The van der Waals surface area contributed by atoms with E-state index in [1.165, 1.54) is 4.90 Å². The summed E-state index contributed by atoms with van der Waals surface area (Å²) in [6.45, 7) is 2.51. The number of imide groups is 1. The van der Waals surface area contributed by atoms with Crippen molar-refractivity contribution in [3.63, 3.8) is 0 Å². The molecule has 8 nitrogen and oxygen atoms in total. The fourth-order valence-electron chi connectivity index (χ4n) is 3.50. The SMILES string of the molecule is O=C1c2ccccc2C(=O)N1CCN1CC(c2nc(-c3ccco3)no2)C1. The Morgan fingerprint density at radius 3 is 2.41 bits per heavy atom. The van der Waals surface area contributed by atoms with Crippen LogP contribution in [-0.4, -0.2) is 57.9 Å². The Labute approximate surface area is 154 Å². The lowest BCUT2D eigenvalue weighted by molar-refractivity contribution is 0.0593. The summed E-state index contributed by atoms with van der Waals surface area (Å²) in [6.07, 6.45) is 1.57. The van der Waals surface area contributed by atoms with Crippen molar-refractivity contribution < 1.29 is 18.5 Å². The number of nitrogens with zero attached hydrogens (tertiary/aromatic N) is 4. The van der Waals surface area contributed by atoms with Crippen LogP contribution in [0.1, 0.15) is 32.5 Å². The van der Waals surface area contributed by atoms with E-state index in [0.29, 0.717) is 41.7 Å². The molecule has 27 heavy (non-hydrogen) atoms. The number of carbonyl (C=O) groups excluding carboxylic acids is 2. The average Bonchev–Trinajstić information content (AvgIpc) is 3.37. The maximum atomic E-state index is 12.4. The smallest absolute Gasteiger partial charge is 0.261 e. The van der Waals surface area contributed by atoms with Crippen molar-refractivity contribution in [2.75, 3.05) is 26.2 Å². The second-order valence-corrected chi connectivity index (χ2v) is 6.70. The molecule has 5 rings (SSSR count). The number of benzene rings is 1. The molecule has 3 aromatic rings. The molecule has 1 fully saturated rings. The molecule has 4 heterocycles. The Morgan fingerprint density at radius 2 is 1.74 bits per heavy atom. The van der Waals surface area contributed by atoms with Crippen LogP contribution in [0.25, 0.3) is 11.6 Å². The fraction of sp³-hybridized carbons (Fsp3) is 0.263. The zero-order valence-corrected chi connectivity index (χ0v) is 14.4. The van der Waals surface area contributed by atoms with Crippen LogP contribution in [0.2, 0.25) is 0 Å². The third-order valence-corrected chi connectivity index (χ3v) is 5.01. The highest BCUT2D eigenvalue weighted by Crippen LogP contribution is 2.28. The molecule has 2 aromatic heterocycles. The Morgan fingerprint density at radius 1 is 1.00 bits per heavy atom. The van der Waals surface area contributed by atoms with Crippen molar-refractivity contribution in [1.82, 2.24) is 19.9 Å². The molecule has 2 aliphatic heterocycles. The summed E-state index contributed by atoms with van der Waals surface area (Å²) in [5.74, 6) is 1.33. The topological polar surface area (TPSA) is 92.7 Å². The monoisotopic (exact) mass is 364 g/mol. The van der Waals surface area contributed by atoms with Gasteiger partial charge >= 0.3 is 0 Å². The van der Waals surface area contributed by atoms with Crippen LogP contribution in [0, 0.1) is 0 Å². The van der Waals surface area contributed by atoms with Crippen LogP contribution in [0.15, 0.2) is 51.6 Å². The fourth-order valence-corrected chi connectivity index (χ4v) is 3.50. The van der Waals surface area contributed by atoms with Crippen molar-refractivity contribution in [2.24, 2.45) is 0 Å². The van der Waals surface area contributed by atoms with Crippen LogP contribution >= 0.6 is 0 Å². The summed E-state index contributed by atoms with van der Waals surface area (Å²) in [7, 11) is 0. The summed E-state index contributed by atoms with van der Waals surface area (Å²) >= 11 is 0. The van der Waals surface area contributed by atoms with E-state index in [9.17, 15) is 9.59 Å². The number of aromatic nitrogens is 2. The van der Waals surface area contributed by atoms with E-state index in [2.05, 4.69) is 15.0 Å². The van der Waals surface area contributed by atoms with E-state index < -0.39 is 0 Å².